The normalized spacial score (nSPS) is 26.5. The highest BCUT2D eigenvalue weighted by molar-refractivity contribution is 5.77. The Morgan fingerprint density at radius 1 is 1.35 bits per heavy atom. The number of piperidine rings is 1. The van der Waals surface area contributed by atoms with Crippen molar-refractivity contribution in [3.05, 3.63) is 35.9 Å². The second-order valence-corrected chi connectivity index (χ2v) is 6.20. The molecule has 2 aliphatic rings. The highest BCUT2D eigenvalue weighted by atomic mass is 16.5. The van der Waals surface area contributed by atoms with Crippen molar-refractivity contribution in [2.75, 3.05) is 20.1 Å². The molecular weight excluding hydrogens is 294 g/mol. The molecule has 3 atom stereocenters. The zero-order valence-electron chi connectivity index (χ0n) is 13.3. The van der Waals surface area contributed by atoms with E-state index in [9.17, 15) is 9.59 Å². The van der Waals surface area contributed by atoms with Gasteiger partial charge in [-0.25, -0.2) is 4.79 Å². The number of nitrogens with zero attached hydrogens (tertiary/aromatic N) is 1. The number of fused-ring (bicyclic) bond motifs is 1. The van der Waals surface area contributed by atoms with Crippen molar-refractivity contribution in [2.24, 2.45) is 5.92 Å². The molecule has 0 aromatic heterocycles. The maximum Gasteiger partial charge on any atom is 0.323 e. The summed E-state index contributed by atoms with van der Waals surface area (Å²) in [7, 11) is 1.64. The van der Waals surface area contributed by atoms with Gasteiger partial charge in [-0.05, 0) is 24.3 Å². The number of carbonyl (C=O) groups excluding carboxylic acids is 2. The van der Waals surface area contributed by atoms with Gasteiger partial charge in [0, 0.05) is 26.2 Å². The molecule has 0 aliphatic carbocycles. The number of hydrogen-bond donors (Lipinski definition) is 2. The van der Waals surface area contributed by atoms with E-state index < -0.39 is 0 Å². The molecule has 0 bridgehead atoms. The van der Waals surface area contributed by atoms with E-state index >= 15 is 0 Å². The summed E-state index contributed by atoms with van der Waals surface area (Å²) in [6.07, 6.45) is 1.72. The van der Waals surface area contributed by atoms with Crippen LogP contribution in [0.5, 0.6) is 0 Å². The minimum Gasteiger partial charge on any atom is -0.460 e. The van der Waals surface area contributed by atoms with Gasteiger partial charge in [-0.2, -0.15) is 0 Å². The molecule has 2 N–H and O–H groups in total. The van der Waals surface area contributed by atoms with Gasteiger partial charge in [0.15, 0.2) is 0 Å². The van der Waals surface area contributed by atoms with E-state index in [1.807, 2.05) is 30.3 Å². The maximum atomic E-state index is 12.3. The molecule has 6 nitrogen and oxygen atoms in total. The first-order chi connectivity index (χ1) is 11.2. The molecule has 0 unspecified atom stereocenters. The topological polar surface area (TPSA) is 70.7 Å². The van der Waals surface area contributed by atoms with Gasteiger partial charge in [-0.1, -0.05) is 30.3 Å². The average Bonchev–Trinajstić information content (AvgIpc) is 3.03. The molecule has 1 aromatic carbocycles. The molecule has 0 saturated carbocycles. The molecule has 1 aromatic rings. The molecule has 0 radical (unpaired) electrons. The zero-order valence-corrected chi connectivity index (χ0v) is 13.3. The first-order valence-corrected chi connectivity index (χ1v) is 8.10. The Labute approximate surface area is 136 Å². The smallest absolute Gasteiger partial charge is 0.323 e. The number of amides is 2. The lowest BCUT2D eigenvalue weighted by Gasteiger charge is -2.34. The van der Waals surface area contributed by atoms with Gasteiger partial charge in [0.1, 0.15) is 12.6 Å². The van der Waals surface area contributed by atoms with Crippen LogP contribution in [0.1, 0.15) is 18.4 Å². The number of ether oxygens (including phenoxy) is 1. The molecular formula is C17H23N3O3. The van der Waals surface area contributed by atoms with E-state index in [0.29, 0.717) is 19.1 Å². The third-order valence-corrected chi connectivity index (χ3v) is 4.72. The predicted molar refractivity (Wildman–Crippen MR) is 85.7 cm³/mol. The summed E-state index contributed by atoms with van der Waals surface area (Å²) >= 11 is 0. The van der Waals surface area contributed by atoms with Crippen LogP contribution in [0.25, 0.3) is 0 Å². The lowest BCUT2D eigenvalue weighted by Crippen LogP contribution is -2.52. The SMILES string of the molecule is CNC(=O)N1CC[C@@H]2C[C@H](C(=O)OCc3ccccc3)N[C@@H]2C1. The number of nitrogens with one attached hydrogen (secondary N) is 2. The van der Waals surface area contributed by atoms with Crippen LogP contribution in [0.2, 0.25) is 0 Å². The molecule has 6 heteroatoms. The minimum absolute atomic E-state index is 0.0552. The second-order valence-electron chi connectivity index (χ2n) is 6.20. The van der Waals surface area contributed by atoms with Gasteiger partial charge >= 0.3 is 12.0 Å². The first kappa shape index (κ1) is 15.8. The van der Waals surface area contributed by atoms with Crippen LogP contribution in [-0.2, 0) is 16.1 Å². The number of urea groups is 1. The fourth-order valence-corrected chi connectivity index (χ4v) is 3.44. The lowest BCUT2D eigenvalue weighted by atomic mass is 9.91. The van der Waals surface area contributed by atoms with Crippen LogP contribution in [0.15, 0.2) is 30.3 Å². The summed E-state index contributed by atoms with van der Waals surface area (Å²) in [4.78, 5) is 25.8. The highest BCUT2D eigenvalue weighted by Gasteiger charge is 2.41. The maximum absolute atomic E-state index is 12.3. The molecule has 2 fully saturated rings. The number of carbonyl (C=O) groups is 2. The van der Waals surface area contributed by atoms with Crippen molar-refractivity contribution in [3.63, 3.8) is 0 Å². The monoisotopic (exact) mass is 317 g/mol. The fourth-order valence-electron chi connectivity index (χ4n) is 3.44. The third-order valence-electron chi connectivity index (χ3n) is 4.72. The first-order valence-electron chi connectivity index (χ1n) is 8.10. The molecule has 3 rings (SSSR count). The standard InChI is InChI=1S/C17H23N3O3/c1-18-17(22)20-8-7-13-9-14(19-15(13)10-20)16(21)23-11-12-5-3-2-4-6-12/h2-6,13-15,19H,7-11H2,1H3,(H,18,22)/t13-,14-,15-/m1/s1. The molecule has 2 aliphatic heterocycles. The number of benzene rings is 1. The Hall–Kier alpha value is -2.08. The van der Waals surface area contributed by atoms with E-state index in [4.69, 9.17) is 4.74 Å². The van der Waals surface area contributed by atoms with Crippen LogP contribution < -0.4 is 10.6 Å². The summed E-state index contributed by atoms with van der Waals surface area (Å²) in [6.45, 7) is 1.69. The van der Waals surface area contributed by atoms with Gasteiger partial charge in [0.05, 0.1) is 0 Å². The van der Waals surface area contributed by atoms with E-state index in [1.165, 1.54) is 0 Å². The third kappa shape index (κ3) is 3.64. The summed E-state index contributed by atoms with van der Waals surface area (Å²) in [5.74, 6) is 0.236. The number of esters is 1. The Balaban J connectivity index is 1.51. The number of rotatable bonds is 3. The highest BCUT2D eigenvalue weighted by Crippen LogP contribution is 2.29. The van der Waals surface area contributed by atoms with Crippen LogP contribution in [0.4, 0.5) is 4.79 Å². The fraction of sp³-hybridized carbons (Fsp3) is 0.529. The van der Waals surface area contributed by atoms with E-state index in [-0.39, 0.29) is 24.1 Å². The van der Waals surface area contributed by atoms with Crippen molar-refractivity contribution in [1.29, 1.82) is 0 Å². The van der Waals surface area contributed by atoms with E-state index in [1.54, 1.807) is 11.9 Å². The summed E-state index contributed by atoms with van der Waals surface area (Å²) < 4.78 is 5.42. The number of hydrogen-bond acceptors (Lipinski definition) is 4. The van der Waals surface area contributed by atoms with Crippen molar-refractivity contribution in [3.8, 4) is 0 Å². The Kier molecular flexibility index (Phi) is 4.81. The van der Waals surface area contributed by atoms with Gasteiger partial charge in [0.2, 0.25) is 0 Å². The Morgan fingerprint density at radius 2 is 2.13 bits per heavy atom. The molecule has 23 heavy (non-hydrogen) atoms. The summed E-state index contributed by atoms with van der Waals surface area (Å²) in [5, 5.41) is 6.00. The zero-order chi connectivity index (χ0) is 16.2. The molecule has 2 amide bonds. The quantitative estimate of drug-likeness (QED) is 0.820. The molecule has 124 valence electrons. The molecule has 0 spiro atoms. The van der Waals surface area contributed by atoms with Gasteiger partial charge in [0.25, 0.3) is 0 Å². The van der Waals surface area contributed by atoms with Crippen LogP contribution >= 0.6 is 0 Å². The Bertz CT molecular complexity index is 563. The van der Waals surface area contributed by atoms with Crippen molar-refractivity contribution in [2.45, 2.75) is 31.5 Å². The van der Waals surface area contributed by atoms with E-state index in [2.05, 4.69) is 10.6 Å². The van der Waals surface area contributed by atoms with Crippen molar-refractivity contribution in [1.82, 2.24) is 15.5 Å². The minimum atomic E-state index is -0.265. The average molecular weight is 317 g/mol. The lowest BCUT2D eigenvalue weighted by molar-refractivity contribution is -0.147. The van der Waals surface area contributed by atoms with Gasteiger partial charge < -0.3 is 15.0 Å². The van der Waals surface area contributed by atoms with Crippen molar-refractivity contribution < 1.29 is 14.3 Å². The summed E-state index contributed by atoms with van der Waals surface area (Å²) in [5.41, 5.74) is 0.988. The molecule has 2 saturated heterocycles. The second kappa shape index (κ2) is 7.00. The molecule has 2 heterocycles. The van der Waals surface area contributed by atoms with Crippen LogP contribution in [-0.4, -0.2) is 49.1 Å². The van der Waals surface area contributed by atoms with Crippen LogP contribution in [0.3, 0.4) is 0 Å². The van der Waals surface area contributed by atoms with E-state index in [0.717, 1.165) is 24.9 Å². The van der Waals surface area contributed by atoms with Gasteiger partial charge in [-0.3, -0.25) is 10.1 Å². The predicted octanol–water partition coefficient (Wildman–Crippen LogP) is 1.12. The summed E-state index contributed by atoms with van der Waals surface area (Å²) in [6, 6.07) is 9.53. The van der Waals surface area contributed by atoms with Gasteiger partial charge in [-0.15, -0.1) is 0 Å². The largest absolute Gasteiger partial charge is 0.460 e. The van der Waals surface area contributed by atoms with Crippen LogP contribution in [0, 0.1) is 5.92 Å². The Morgan fingerprint density at radius 3 is 2.87 bits per heavy atom. The van der Waals surface area contributed by atoms with Crippen molar-refractivity contribution >= 4 is 12.0 Å². The number of likely N-dealkylation sites (tertiary alicyclic amines) is 1.